The van der Waals surface area contributed by atoms with Crippen molar-refractivity contribution in [3.05, 3.63) is 58.7 Å². The smallest absolute Gasteiger partial charge is 0.0431 e. The fourth-order valence-electron chi connectivity index (χ4n) is 4.03. The molecule has 2 radical (unpaired) electrons. The first-order valence-electron chi connectivity index (χ1n) is 12.1. The highest BCUT2D eigenvalue weighted by molar-refractivity contribution is 5.39. The number of hydrogen-bond donors (Lipinski definition) is 1. The van der Waals surface area contributed by atoms with Gasteiger partial charge in [-0.15, -0.1) is 0 Å². The first-order valence-corrected chi connectivity index (χ1v) is 12.1. The molecule has 0 bridgehead atoms. The van der Waals surface area contributed by atoms with Gasteiger partial charge in [-0.2, -0.15) is 0 Å². The molecule has 0 aliphatic rings. The summed E-state index contributed by atoms with van der Waals surface area (Å²) in [5.74, 6) is 0. The Hall–Kier alpha value is -1.51. The molecule has 0 aromatic heterocycles. The molecule has 0 saturated heterocycles. The fraction of sp³-hybridized carbons (Fsp3) is 0.692. The van der Waals surface area contributed by atoms with Crippen LogP contribution < -0.4 is 0 Å². The van der Waals surface area contributed by atoms with Crippen LogP contribution in [0.1, 0.15) is 99.3 Å². The number of aliphatic hydroxyl groups is 1. The van der Waals surface area contributed by atoms with Gasteiger partial charge in [0.1, 0.15) is 0 Å². The van der Waals surface area contributed by atoms with Crippen molar-refractivity contribution in [3.8, 4) is 0 Å². The normalized spacial score (nSPS) is 10.9. The van der Waals surface area contributed by atoms with E-state index in [0.717, 1.165) is 77.0 Å². The highest BCUT2D eigenvalue weighted by atomic mass is 16.2. The quantitative estimate of drug-likeness (QED) is 0.108. The van der Waals surface area contributed by atoms with Crippen LogP contribution in [0.15, 0.2) is 17.2 Å². The molecule has 0 heterocycles. The van der Waals surface area contributed by atoms with Gasteiger partial charge in [-0.25, -0.2) is 0 Å². The summed E-state index contributed by atoms with van der Waals surface area (Å²) in [6.07, 6.45) is 17.7. The summed E-state index contributed by atoms with van der Waals surface area (Å²) in [6.45, 7) is 8.89. The van der Waals surface area contributed by atoms with E-state index in [1.54, 1.807) is 0 Å². The lowest BCUT2D eigenvalue weighted by Gasteiger charge is -2.17. The van der Waals surface area contributed by atoms with Gasteiger partial charge in [-0.1, -0.05) is 69.6 Å². The van der Waals surface area contributed by atoms with Crippen molar-refractivity contribution in [1.29, 1.82) is 0 Å². The van der Waals surface area contributed by atoms with Gasteiger partial charge in [0.25, 0.3) is 0 Å². The van der Waals surface area contributed by atoms with E-state index in [0.29, 0.717) is 13.2 Å². The van der Waals surface area contributed by atoms with Gasteiger partial charge >= 0.3 is 0 Å². The lowest BCUT2D eigenvalue weighted by molar-refractivity contribution is 0.283. The predicted molar refractivity (Wildman–Crippen MR) is 128 cm³/mol. The van der Waals surface area contributed by atoms with E-state index in [-0.39, 0.29) is 0 Å². The molecular formula is C26H43N3O. The number of aryl methyl sites for hydroxylation is 4. The van der Waals surface area contributed by atoms with Crippen molar-refractivity contribution >= 4 is 0 Å². The second-order valence-electron chi connectivity index (χ2n) is 8.31. The van der Waals surface area contributed by atoms with Crippen LogP contribution >= 0.6 is 0 Å². The minimum atomic E-state index is 0.291. The second kappa shape index (κ2) is 18.3. The maximum Gasteiger partial charge on any atom is 0.0431 e. The molecule has 1 aromatic rings. The lowest BCUT2D eigenvalue weighted by atomic mass is 9.88. The van der Waals surface area contributed by atoms with Crippen LogP contribution in [0, 0.1) is 13.8 Å². The Morgan fingerprint density at radius 2 is 1.10 bits per heavy atom. The zero-order chi connectivity index (χ0) is 21.9. The second-order valence-corrected chi connectivity index (χ2v) is 8.31. The molecule has 0 atom stereocenters. The Bertz CT molecular complexity index is 609. The summed E-state index contributed by atoms with van der Waals surface area (Å²) in [5.41, 5.74) is 14.5. The molecule has 1 aromatic carbocycles. The largest absolute Gasteiger partial charge is 0.396 e. The van der Waals surface area contributed by atoms with Gasteiger partial charge in [-0.3, -0.25) is 0 Å². The molecule has 0 fully saturated rings. The average Bonchev–Trinajstić information content (AvgIpc) is 2.75. The van der Waals surface area contributed by atoms with Crippen LogP contribution in [-0.4, -0.2) is 18.3 Å². The molecule has 0 amide bonds. The number of nitrogens with zero attached hydrogens (tertiary/aromatic N) is 3. The molecule has 30 heavy (non-hydrogen) atoms. The van der Waals surface area contributed by atoms with Crippen molar-refractivity contribution in [3.63, 3.8) is 0 Å². The van der Waals surface area contributed by atoms with E-state index < -0.39 is 0 Å². The molecule has 4 heteroatoms. The van der Waals surface area contributed by atoms with E-state index in [4.69, 9.17) is 10.6 Å². The van der Waals surface area contributed by atoms with E-state index in [1.165, 1.54) is 47.9 Å². The lowest BCUT2D eigenvalue weighted by Crippen LogP contribution is -2.04. The van der Waals surface area contributed by atoms with Crippen LogP contribution in [0.2, 0.25) is 0 Å². The molecule has 0 spiro atoms. The Kier molecular flexibility index (Phi) is 16.2. The monoisotopic (exact) mass is 413 g/mol. The molecule has 1 N–H and O–H groups in total. The Balaban J connectivity index is 2.91. The maximum absolute atomic E-state index is 9.09. The standard InChI is InChI=1S/C26H43N3O/c1-3-5-9-15-23-21-25(17-11-7-13-19-28-29-27)26(18-12-8-14-20-30)22-24(23)16-10-6-4-2/h21-22,30H,1-20H2. The van der Waals surface area contributed by atoms with Gasteiger partial charge in [0.05, 0.1) is 0 Å². The summed E-state index contributed by atoms with van der Waals surface area (Å²) in [4.78, 5) is 2.84. The van der Waals surface area contributed by atoms with Crippen molar-refractivity contribution in [2.24, 2.45) is 5.11 Å². The molecule has 4 nitrogen and oxygen atoms in total. The number of unbranched alkanes of at least 4 members (excludes halogenated alkanes) is 8. The third-order valence-electron chi connectivity index (χ3n) is 5.79. The molecule has 0 aliphatic heterocycles. The average molecular weight is 414 g/mol. The SMILES string of the molecule is [CH2]CCCCc1cc(CCCCCO)c(CCCCCN=[N+]=[N-])cc1CCCC[CH2]. The number of aliphatic hydroxyl groups excluding tert-OH is 1. The van der Waals surface area contributed by atoms with Crippen molar-refractivity contribution in [2.75, 3.05) is 13.2 Å². The Labute approximate surface area is 185 Å². The van der Waals surface area contributed by atoms with Gasteiger partial charge in [0, 0.05) is 18.1 Å². The highest BCUT2D eigenvalue weighted by Crippen LogP contribution is 2.25. The first-order chi connectivity index (χ1) is 14.8. The molecule has 0 unspecified atom stereocenters. The molecule has 0 saturated carbocycles. The third-order valence-corrected chi connectivity index (χ3v) is 5.79. The first kappa shape index (κ1) is 26.5. The topological polar surface area (TPSA) is 69.0 Å². The fourth-order valence-corrected chi connectivity index (χ4v) is 4.03. The van der Waals surface area contributed by atoms with Crippen LogP contribution in [0.5, 0.6) is 0 Å². The highest BCUT2D eigenvalue weighted by Gasteiger charge is 2.11. The number of benzene rings is 1. The number of azide groups is 1. The van der Waals surface area contributed by atoms with E-state index in [2.05, 4.69) is 36.0 Å². The Morgan fingerprint density at radius 3 is 1.50 bits per heavy atom. The van der Waals surface area contributed by atoms with Crippen molar-refractivity contribution in [1.82, 2.24) is 0 Å². The van der Waals surface area contributed by atoms with Crippen molar-refractivity contribution < 1.29 is 5.11 Å². The number of rotatable bonds is 19. The van der Waals surface area contributed by atoms with E-state index in [9.17, 15) is 0 Å². The molecule has 168 valence electrons. The summed E-state index contributed by atoms with van der Waals surface area (Å²) >= 11 is 0. The minimum absolute atomic E-state index is 0.291. The van der Waals surface area contributed by atoms with Gasteiger partial charge < -0.3 is 5.11 Å². The summed E-state index contributed by atoms with van der Waals surface area (Å²) in [5, 5.41) is 12.7. The summed E-state index contributed by atoms with van der Waals surface area (Å²) in [7, 11) is 0. The van der Waals surface area contributed by atoms with Gasteiger partial charge in [0.15, 0.2) is 0 Å². The van der Waals surface area contributed by atoms with Gasteiger partial charge in [-0.05, 0) is 92.0 Å². The number of hydrogen-bond acceptors (Lipinski definition) is 2. The Morgan fingerprint density at radius 1 is 0.667 bits per heavy atom. The molecular weight excluding hydrogens is 370 g/mol. The predicted octanol–water partition coefficient (Wildman–Crippen LogP) is 7.51. The summed E-state index contributed by atoms with van der Waals surface area (Å²) in [6, 6.07) is 4.99. The minimum Gasteiger partial charge on any atom is -0.396 e. The van der Waals surface area contributed by atoms with Crippen molar-refractivity contribution in [2.45, 2.75) is 103 Å². The van der Waals surface area contributed by atoms with Gasteiger partial charge in [0.2, 0.25) is 0 Å². The molecule has 0 aliphatic carbocycles. The van der Waals surface area contributed by atoms with Crippen LogP contribution in [0.25, 0.3) is 10.4 Å². The summed E-state index contributed by atoms with van der Waals surface area (Å²) < 4.78 is 0. The van der Waals surface area contributed by atoms with Crippen LogP contribution in [0.3, 0.4) is 0 Å². The van der Waals surface area contributed by atoms with Crippen LogP contribution in [0.4, 0.5) is 0 Å². The molecule has 1 rings (SSSR count). The zero-order valence-electron chi connectivity index (χ0n) is 19.1. The van der Waals surface area contributed by atoms with E-state index in [1.807, 2.05) is 0 Å². The third kappa shape index (κ3) is 11.6. The van der Waals surface area contributed by atoms with E-state index >= 15 is 0 Å². The zero-order valence-corrected chi connectivity index (χ0v) is 19.1. The van der Waals surface area contributed by atoms with Crippen LogP contribution in [-0.2, 0) is 25.7 Å². The maximum atomic E-state index is 9.09.